The standard InChI is InChI=1S/C8H17N5/c1-3-4-6(2)8(11-9)7-5-10-13-12-7/h5-6,8,11H,3-4,9H2,1-2H3,(H,10,12,13). The highest BCUT2D eigenvalue weighted by Gasteiger charge is 2.19. The molecule has 0 aliphatic rings. The molecule has 1 aromatic rings. The van der Waals surface area contributed by atoms with Crippen molar-refractivity contribution in [2.45, 2.75) is 32.7 Å². The molecular formula is C8H17N5. The molecule has 2 unspecified atom stereocenters. The van der Waals surface area contributed by atoms with E-state index < -0.39 is 0 Å². The van der Waals surface area contributed by atoms with Gasteiger partial charge in [0.1, 0.15) is 5.69 Å². The first-order valence-electron chi connectivity index (χ1n) is 4.61. The van der Waals surface area contributed by atoms with Gasteiger partial charge in [0.25, 0.3) is 0 Å². The summed E-state index contributed by atoms with van der Waals surface area (Å²) in [6.45, 7) is 4.32. The van der Waals surface area contributed by atoms with Gasteiger partial charge < -0.3 is 0 Å². The highest BCUT2D eigenvalue weighted by atomic mass is 15.3. The third-order valence-corrected chi connectivity index (χ3v) is 2.24. The Bertz CT molecular complexity index is 220. The lowest BCUT2D eigenvalue weighted by Crippen LogP contribution is -2.32. The van der Waals surface area contributed by atoms with Gasteiger partial charge in [0.05, 0.1) is 12.2 Å². The van der Waals surface area contributed by atoms with E-state index in [0.29, 0.717) is 5.92 Å². The van der Waals surface area contributed by atoms with Gasteiger partial charge in [-0.25, -0.2) is 0 Å². The Labute approximate surface area is 78.1 Å². The van der Waals surface area contributed by atoms with E-state index in [1.807, 2.05) is 0 Å². The van der Waals surface area contributed by atoms with Crippen LogP contribution in [-0.4, -0.2) is 15.4 Å². The van der Waals surface area contributed by atoms with Gasteiger partial charge in [-0.3, -0.25) is 11.3 Å². The molecular weight excluding hydrogens is 166 g/mol. The molecule has 0 aromatic carbocycles. The van der Waals surface area contributed by atoms with E-state index in [4.69, 9.17) is 5.84 Å². The highest BCUT2D eigenvalue weighted by Crippen LogP contribution is 2.22. The maximum absolute atomic E-state index is 5.46. The summed E-state index contributed by atoms with van der Waals surface area (Å²) < 4.78 is 0. The molecule has 2 atom stereocenters. The van der Waals surface area contributed by atoms with E-state index in [-0.39, 0.29) is 6.04 Å². The molecule has 0 fully saturated rings. The predicted octanol–water partition coefficient (Wildman–Crippen LogP) is 0.745. The van der Waals surface area contributed by atoms with Gasteiger partial charge in [-0.05, 0) is 12.3 Å². The number of H-pyrrole nitrogens is 1. The molecule has 0 bridgehead atoms. The molecule has 5 nitrogen and oxygen atoms in total. The van der Waals surface area contributed by atoms with E-state index in [9.17, 15) is 0 Å². The number of nitrogens with two attached hydrogens (primary N) is 1. The Kier molecular flexibility index (Phi) is 3.85. The molecule has 0 aliphatic heterocycles. The zero-order chi connectivity index (χ0) is 9.68. The summed E-state index contributed by atoms with van der Waals surface area (Å²) in [5, 5.41) is 10.4. The molecule has 0 aliphatic carbocycles. The number of nitrogens with one attached hydrogen (secondary N) is 2. The zero-order valence-corrected chi connectivity index (χ0v) is 8.12. The lowest BCUT2D eigenvalue weighted by atomic mass is 9.95. The van der Waals surface area contributed by atoms with Crippen molar-refractivity contribution in [1.82, 2.24) is 20.8 Å². The Morgan fingerprint density at radius 3 is 2.92 bits per heavy atom. The molecule has 0 saturated heterocycles. The monoisotopic (exact) mass is 183 g/mol. The van der Waals surface area contributed by atoms with Crippen LogP contribution in [0, 0.1) is 5.92 Å². The molecule has 1 heterocycles. The molecule has 5 heteroatoms. The van der Waals surface area contributed by atoms with Crippen molar-refractivity contribution in [2.75, 3.05) is 0 Å². The second-order valence-electron chi connectivity index (χ2n) is 3.31. The van der Waals surface area contributed by atoms with Crippen LogP contribution in [0.25, 0.3) is 0 Å². The van der Waals surface area contributed by atoms with E-state index in [0.717, 1.165) is 18.5 Å². The summed E-state index contributed by atoms with van der Waals surface area (Å²) in [7, 11) is 0. The number of nitrogens with zero attached hydrogens (tertiary/aromatic N) is 2. The Hall–Kier alpha value is -0.940. The smallest absolute Gasteiger partial charge is 0.101 e. The number of hydrogen-bond acceptors (Lipinski definition) is 4. The van der Waals surface area contributed by atoms with Crippen LogP contribution < -0.4 is 11.3 Å². The zero-order valence-electron chi connectivity index (χ0n) is 8.12. The van der Waals surface area contributed by atoms with Gasteiger partial charge in [0.2, 0.25) is 0 Å². The van der Waals surface area contributed by atoms with Crippen molar-refractivity contribution in [3.8, 4) is 0 Å². The predicted molar refractivity (Wildman–Crippen MR) is 50.5 cm³/mol. The minimum Gasteiger partial charge on any atom is -0.271 e. The summed E-state index contributed by atoms with van der Waals surface area (Å²) in [5.41, 5.74) is 3.64. The van der Waals surface area contributed by atoms with E-state index in [1.54, 1.807) is 6.20 Å². The summed E-state index contributed by atoms with van der Waals surface area (Å²) in [4.78, 5) is 0. The molecule has 74 valence electrons. The molecule has 0 amide bonds. The molecule has 0 radical (unpaired) electrons. The number of aromatic nitrogens is 3. The molecule has 1 rings (SSSR count). The summed E-state index contributed by atoms with van der Waals surface area (Å²) in [5.74, 6) is 5.94. The van der Waals surface area contributed by atoms with Crippen LogP contribution in [0.2, 0.25) is 0 Å². The third kappa shape index (κ3) is 2.50. The maximum atomic E-state index is 5.46. The highest BCUT2D eigenvalue weighted by molar-refractivity contribution is 5.00. The van der Waals surface area contributed by atoms with Gasteiger partial charge in [-0.1, -0.05) is 20.3 Å². The van der Waals surface area contributed by atoms with Crippen LogP contribution in [-0.2, 0) is 0 Å². The topological polar surface area (TPSA) is 79.6 Å². The summed E-state index contributed by atoms with van der Waals surface area (Å²) >= 11 is 0. The van der Waals surface area contributed by atoms with Crippen LogP contribution >= 0.6 is 0 Å². The van der Waals surface area contributed by atoms with E-state index in [1.165, 1.54) is 0 Å². The first kappa shape index (κ1) is 10.1. The SMILES string of the molecule is CCCC(C)C(NN)c1cn[nH]n1. The van der Waals surface area contributed by atoms with Crippen LogP contribution in [0.3, 0.4) is 0 Å². The van der Waals surface area contributed by atoms with Crippen molar-refractivity contribution in [3.05, 3.63) is 11.9 Å². The van der Waals surface area contributed by atoms with Crippen LogP contribution in [0.1, 0.15) is 38.4 Å². The Morgan fingerprint density at radius 2 is 2.46 bits per heavy atom. The lowest BCUT2D eigenvalue weighted by Gasteiger charge is -2.20. The number of hydrogen-bond donors (Lipinski definition) is 3. The minimum atomic E-state index is 0.0960. The Morgan fingerprint density at radius 1 is 1.69 bits per heavy atom. The van der Waals surface area contributed by atoms with Crippen molar-refractivity contribution in [1.29, 1.82) is 0 Å². The largest absolute Gasteiger partial charge is 0.271 e. The van der Waals surface area contributed by atoms with Crippen molar-refractivity contribution >= 4 is 0 Å². The van der Waals surface area contributed by atoms with Gasteiger partial charge in [0.15, 0.2) is 0 Å². The quantitative estimate of drug-likeness (QED) is 0.465. The third-order valence-electron chi connectivity index (χ3n) is 2.24. The summed E-state index contributed by atoms with van der Waals surface area (Å²) in [6, 6.07) is 0.0960. The van der Waals surface area contributed by atoms with E-state index >= 15 is 0 Å². The van der Waals surface area contributed by atoms with Crippen molar-refractivity contribution in [3.63, 3.8) is 0 Å². The fourth-order valence-electron chi connectivity index (χ4n) is 1.52. The fourth-order valence-corrected chi connectivity index (χ4v) is 1.52. The number of aromatic amines is 1. The summed E-state index contributed by atoms with van der Waals surface area (Å²) in [6.07, 6.45) is 3.98. The first-order valence-corrected chi connectivity index (χ1v) is 4.61. The normalized spacial score (nSPS) is 15.6. The fraction of sp³-hybridized carbons (Fsp3) is 0.750. The average Bonchev–Trinajstić information content (AvgIpc) is 2.59. The first-order chi connectivity index (χ1) is 6.29. The number of hydrazine groups is 1. The van der Waals surface area contributed by atoms with Crippen molar-refractivity contribution < 1.29 is 0 Å². The molecule has 0 saturated carbocycles. The van der Waals surface area contributed by atoms with Gasteiger partial charge >= 0.3 is 0 Å². The van der Waals surface area contributed by atoms with Gasteiger partial charge in [-0.2, -0.15) is 15.4 Å². The van der Waals surface area contributed by atoms with Gasteiger partial charge in [0, 0.05) is 0 Å². The average molecular weight is 183 g/mol. The van der Waals surface area contributed by atoms with Crippen LogP contribution in [0.5, 0.6) is 0 Å². The second kappa shape index (κ2) is 4.94. The minimum absolute atomic E-state index is 0.0960. The molecule has 0 spiro atoms. The molecule has 13 heavy (non-hydrogen) atoms. The van der Waals surface area contributed by atoms with Crippen molar-refractivity contribution in [2.24, 2.45) is 11.8 Å². The maximum Gasteiger partial charge on any atom is 0.101 e. The van der Waals surface area contributed by atoms with E-state index in [2.05, 4.69) is 34.7 Å². The van der Waals surface area contributed by atoms with Crippen LogP contribution in [0.4, 0.5) is 0 Å². The lowest BCUT2D eigenvalue weighted by molar-refractivity contribution is 0.361. The number of rotatable bonds is 5. The van der Waals surface area contributed by atoms with Crippen LogP contribution in [0.15, 0.2) is 6.20 Å². The second-order valence-corrected chi connectivity index (χ2v) is 3.31. The molecule has 4 N–H and O–H groups in total. The Balaban J connectivity index is 2.62. The molecule has 1 aromatic heterocycles. The van der Waals surface area contributed by atoms with Gasteiger partial charge in [-0.15, -0.1) is 0 Å².